The standard InChI is InChI=1S/C14H14N2O3/c1-9-3-5-11(6-4-9)19-8-13-15-7-12(14(17)18)10(2)16-13/h3-7H,8H2,1-2H3,(H,17,18). The van der Waals surface area contributed by atoms with Crippen molar-refractivity contribution in [2.24, 2.45) is 0 Å². The van der Waals surface area contributed by atoms with Crippen LogP contribution in [0.1, 0.15) is 27.4 Å². The minimum Gasteiger partial charge on any atom is -0.486 e. The molecular weight excluding hydrogens is 244 g/mol. The van der Waals surface area contributed by atoms with E-state index in [-0.39, 0.29) is 12.2 Å². The molecule has 0 unspecified atom stereocenters. The van der Waals surface area contributed by atoms with E-state index in [1.807, 2.05) is 31.2 Å². The Kier molecular flexibility index (Phi) is 3.75. The third-order valence-corrected chi connectivity index (χ3v) is 2.65. The first-order valence-electron chi connectivity index (χ1n) is 5.81. The van der Waals surface area contributed by atoms with Crippen LogP contribution in [-0.2, 0) is 6.61 Å². The molecule has 2 aromatic rings. The van der Waals surface area contributed by atoms with Gasteiger partial charge in [0.15, 0.2) is 5.82 Å². The molecule has 0 aliphatic heterocycles. The molecule has 0 saturated carbocycles. The van der Waals surface area contributed by atoms with Crippen molar-refractivity contribution in [2.75, 3.05) is 0 Å². The van der Waals surface area contributed by atoms with Crippen molar-refractivity contribution in [3.63, 3.8) is 0 Å². The monoisotopic (exact) mass is 258 g/mol. The van der Waals surface area contributed by atoms with Gasteiger partial charge >= 0.3 is 5.97 Å². The number of hydrogen-bond acceptors (Lipinski definition) is 4. The van der Waals surface area contributed by atoms with Gasteiger partial charge in [0.1, 0.15) is 12.4 Å². The van der Waals surface area contributed by atoms with Crippen molar-refractivity contribution < 1.29 is 14.6 Å². The number of carbonyl (C=O) groups is 1. The van der Waals surface area contributed by atoms with Gasteiger partial charge < -0.3 is 9.84 Å². The first-order valence-corrected chi connectivity index (χ1v) is 5.81. The molecule has 2 rings (SSSR count). The molecule has 0 aliphatic rings. The van der Waals surface area contributed by atoms with Gasteiger partial charge in [-0.3, -0.25) is 0 Å². The molecule has 0 radical (unpaired) electrons. The average Bonchev–Trinajstić information content (AvgIpc) is 2.37. The highest BCUT2D eigenvalue weighted by Crippen LogP contribution is 2.13. The maximum atomic E-state index is 10.8. The van der Waals surface area contributed by atoms with Gasteiger partial charge in [-0.05, 0) is 26.0 Å². The van der Waals surface area contributed by atoms with Crippen LogP contribution in [0.3, 0.4) is 0 Å². The van der Waals surface area contributed by atoms with Gasteiger partial charge in [-0.25, -0.2) is 14.8 Å². The van der Waals surface area contributed by atoms with Gasteiger partial charge in [0.2, 0.25) is 0 Å². The summed E-state index contributed by atoms with van der Waals surface area (Å²) in [6.07, 6.45) is 1.30. The second-order valence-electron chi connectivity index (χ2n) is 4.19. The van der Waals surface area contributed by atoms with E-state index >= 15 is 0 Å². The topological polar surface area (TPSA) is 72.3 Å². The number of nitrogens with zero attached hydrogens (tertiary/aromatic N) is 2. The Bertz CT molecular complexity index is 594. The maximum Gasteiger partial charge on any atom is 0.339 e. The van der Waals surface area contributed by atoms with Crippen molar-refractivity contribution in [1.29, 1.82) is 0 Å². The number of aromatic nitrogens is 2. The maximum absolute atomic E-state index is 10.8. The van der Waals surface area contributed by atoms with Gasteiger partial charge in [-0.2, -0.15) is 0 Å². The first-order chi connectivity index (χ1) is 9.06. The highest BCUT2D eigenvalue weighted by Gasteiger charge is 2.10. The third kappa shape index (κ3) is 3.28. The van der Waals surface area contributed by atoms with Crippen molar-refractivity contribution in [2.45, 2.75) is 20.5 Å². The predicted molar refractivity (Wildman–Crippen MR) is 69.2 cm³/mol. The molecule has 1 aromatic carbocycles. The Labute approximate surface area is 110 Å². The van der Waals surface area contributed by atoms with Gasteiger partial charge in [0.05, 0.1) is 11.3 Å². The number of ether oxygens (including phenoxy) is 1. The summed E-state index contributed by atoms with van der Waals surface area (Å²) in [5.74, 6) is 0.167. The van der Waals surface area contributed by atoms with Crippen LogP contribution in [0.4, 0.5) is 0 Å². The molecule has 0 fully saturated rings. The van der Waals surface area contributed by atoms with E-state index < -0.39 is 5.97 Å². The molecular formula is C14H14N2O3. The summed E-state index contributed by atoms with van der Waals surface area (Å²) < 4.78 is 5.53. The average molecular weight is 258 g/mol. The van der Waals surface area contributed by atoms with Crippen LogP contribution in [-0.4, -0.2) is 21.0 Å². The van der Waals surface area contributed by atoms with Crippen LogP contribution in [0.25, 0.3) is 0 Å². The SMILES string of the molecule is Cc1ccc(OCc2ncc(C(=O)O)c(C)n2)cc1. The summed E-state index contributed by atoms with van der Waals surface area (Å²) in [5.41, 5.74) is 1.70. The lowest BCUT2D eigenvalue weighted by Gasteiger charge is -2.06. The lowest BCUT2D eigenvalue weighted by molar-refractivity contribution is 0.0695. The molecule has 5 nitrogen and oxygen atoms in total. The van der Waals surface area contributed by atoms with E-state index in [1.54, 1.807) is 6.92 Å². The van der Waals surface area contributed by atoms with Gasteiger partial charge in [-0.15, -0.1) is 0 Å². The molecule has 0 bridgehead atoms. The van der Waals surface area contributed by atoms with E-state index in [4.69, 9.17) is 9.84 Å². The normalized spacial score (nSPS) is 10.2. The van der Waals surface area contributed by atoms with E-state index in [1.165, 1.54) is 6.20 Å². The van der Waals surface area contributed by atoms with Crippen molar-refractivity contribution in [3.8, 4) is 5.75 Å². The van der Waals surface area contributed by atoms with Crippen molar-refractivity contribution in [3.05, 3.63) is 53.1 Å². The Morgan fingerprint density at radius 2 is 1.95 bits per heavy atom. The molecule has 0 saturated heterocycles. The molecule has 0 atom stereocenters. The number of rotatable bonds is 4. The summed E-state index contributed by atoms with van der Waals surface area (Å²) in [5, 5.41) is 8.88. The number of benzene rings is 1. The lowest BCUT2D eigenvalue weighted by Crippen LogP contribution is -2.08. The summed E-state index contributed by atoms with van der Waals surface area (Å²) in [4.78, 5) is 18.9. The van der Waals surface area contributed by atoms with Crippen LogP contribution in [0.5, 0.6) is 5.75 Å². The van der Waals surface area contributed by atoms with Crippen LogP contribution in [0.15, 0.2) is 30.5 Å². The molecule has 1 aromatic heterocycles. The minimum atomic E-state index is -1.02. The molecule has 0 amide bonds. The second kappa shape index (κ2) is 5.48. The molecule has 1 N–H and O–H groups in total. The zero-order chi connectivity index (χ0) is 13.8. The summed E-state index contributed by atoms with van der Waals surface area (Å²) in [7, 11) is 0. The van der Waals surface area contributed by atoms with Crippen molar-refractivity contribution >= 4 is 5.97 Å². The highest BCUT2D eigenvalue weighted by molar-refractivity contribution is 5.88. The zero-order valence-corrected chi connectivity index (χ0v) is 10.8. The van der Waals surface area contributed by atoms with Gasteiger partial charge in [0.25, 0.3) is 0 Å². The van der Waals surface area contributed by atoms with E-state index in [0.29, 0.717) is 11.5 Å². The fourth-order valence-corrected chi connectivity index (χ4v) is 1.58. The van der Waals surface area contributed by atoms with E-state index in [0.717, 1.165) is 11.3 Å². The lowest BCUT2D eigenvalue weighted by atomic mass is 10.2. The number of carboxylic acid groups (broad SMARTS) is 1. The minimum absolute atomic E-state index is 0.110. The van der Waals surface area contributed by atoms with E-state index in [9.17, 15) is 4.79 Å². The Hall–Kier alpha value is -2.43. The predicted octanol–water partition coefficient (Wildman–Crippen LogP) is 2.37. The number of carboxylic acids is 1. The summed E-state index contributed by atoms with van der Waals surface area (Å²) >= 11 is 0. The van der Waals surface area contributed by atoms with Crippen LogP contribution in [0.2, 0.25) is 0 Å². The fourth-order valence-electron chi connectivity index (χ4n) is 1.58. The van der Waals surface area contributed by atoms with Crippen molar-refractivity contribution in [1.82, 2.24) is 9.97 Å². The Morgan fingerprint density at radius 1 is 1.26 bits per heavy atom. The summed E-state index contributed by atoms with van der Waals surface area (Å²) in [6.45, 7) is 3.85. The molecule has 5 heteroatoms. The fraction of sp³-hybridized carbons (Fsp3) is 0.214. The number of aryl methyl sites for hydroxylation is 2. The number of hydrogen-bond donors (Lipinski definition) is 1. The Balaban J connectivity index is 2.06. The zero-order valence-electron chi connectivity index (χ0n) is 10.8. The van der Waals surface area contributed by atoms with Crippen LogP contribution >= 0.6 is 0 Å². The molecule has 19 heavy (non-hydrogen) atoms. The molecule has 1 heterocycles. The molecule has 98 valence electrons. The molecule has 0 aliphatic carbocycles. The molecule has 0 spiro atoms. The summed E-state index contributed by atoms with van der Waals surface area (Å²) in [6, 6.07) is 7.64. The van der Waals surface area contributed by atoms with Gasteiger partial charge in [-0.1, -0.05) is 17.7 Å². The number of aromatic carboxylic acids is 1. The smallest absolute Gasteiger partial charge is 0.339 e. The first kappa shape index (κ1) is 13.0. The van der Waals surface area contributed by atoms with Gasteiger partial charge in [0, 0.05) is 6.20 Å². The second-order valence-corrected chi connectivity index (χ2v) is 4.19. The highest BCUT2D eigenvalue weighted by atomic mass is 16.5. The third-order valence-electron chi connectivity index (χ3n) is 2.65. The largest absolute Gasteiger partial charge is 0.486 e. The van der Waals surface area contributed by atoms with E-state index in [2.05, 4.69) is 9.97 Å². The van der Waals surface area contributed by atoms with Crippen LogP contribution in [0, 0.1) is 13.8 Å². The quantitative estimate of drug-likeness (QED) is 0.911. The van der Waals surface area contributed by atoms with Crippen LogP contribution < -0.4 is 4.74 Å². The Morgan fingerprint density at radius 3 is 2.53 bits per heavy atom.